The van der Waals surface area contributed by atoms with Crippen molar-refractivity contribution < 1.29 is 19.1 Å². The molecule has 1 N–H and O–H groups in total. The van der Waals surface area contributed by atoms with Crippen LogP contribution in [0, 0.1) is 13.8 Å². The van der Waals surface area contributed by atoms with Crippen molar-refractivity contribution in [1.29, 1.82) is 0 Å². The number of aliphatic hydroxyl groups is 1. The van der Waals surface area contributed by atoms with Crippen LogP contribution in [0.5, 0.6) is 0 Å². The van der Waals surface area contributed by atoms with E-state index >= 15 is 0 Å². The maximum absolute atomic E-state index is 12.4. The fourth-order valence-electron chi connectivity index (χ4n) is 2.86. The molecule has 1 aromatic rings. The van der Waals surface area contributed by atoms with Gasteiger partial charge in [0.05, 0.1) is 25.0 Å². The van der Waals surface area contributed by atoms with Crippen LogP contribution in [0.4, 0.5) is 0 Å². The van der Waals surface area contributed by atoms with E-state index in [4.69, 9.17) is 9.15 Å². The Kier molecular flexibility index (Phi) is 3.97. The largest absolute Gasteiger partial charge is 0.506 e. The summed E-state index contributed by atoms with van der Waals surface area (Å²) in [5.41, 5.74) is 2.30. The molecule has 0 atom stereocenters. The van der Waals surface area contributed by atoms with Crippen LogP contribution in [-0.2, 0) is 9.53 Å². The van der Waals surface area contributed by atoms with Gasteiger partial charge in [-0.15, -0.1) is 0 Å². The molecule has 4 heteroatoms. The molecule has 24 heavy (non-hydrogen) atoms. The molecule has 0 aromatic carbocycles. The quantitative estimate of drug-likeness (QED) is 0.632. The third-order valence-electron chi connectivity index (χ3n) is 3.75. The van der Waals surface area contributed by atoms with E-state index in [9.17, 15) is 9.90 Å². The van der Waals surface area contributed by atoms with E-state index in [1.165, 1.54) is 0 Å². The van der Waals surface area contributed by atoms with Crippen molar-refractivity contribution in [3.8, 4) is 0 Å². The molecule has 0 saturated heterocycles. The number of hydrogen-bond acceptors (Lipinski definition) is 3. The highest BCUT2D eigenvalue weighted by Gasteiger charge is 2.32. The second-order valence-corrected chi connectivity index (χ2v) is 6.02. The number of ketones is 1. The molecule has 0 bridgehead atoms. The van der Waals surface area contributed by atoms with E-state index in [1.54, 1.807) is 12.2 Å². The minimum Gasteiger partial charge on any atom is -0.506 e. The third-order valence-corrected chi connectivity index (χ3v) is 3.75. The molecule has 2 aliphatic rings. The first-order valence-electron chi connectivity index (χ1n) is 7.71. The van der Waals surface area contributed by atoms with Gasteiger partial charge in [0.15, 0.2) is 0 Å². The molecule has 122 valence electrons. The Morgan fingerprint density at radius 2 is 1.58 bits per heavy atom. The van der Waals surface area contributed by atoms with Crippen LogP contribution in [0.3, 0.4) is 0 Å². The minimum absolute atomic E-state index is 0.0206. The molecule has 1 aliphatic carbocycles. The van der Waals surface area contributed by atoms with Crippen molar-refractivity contribution in [2.75, 3.05) is 0 Å². The van der Waals surface area contributed by atoms with Crippen LogP contribution >= 0.6 is 0 Å². The van der Waals surface area contributed by atoms with Gasteiger partial charge in [0.1, 0.15) is 17.3 Å². The molecule has 0 amide bonds. The molecule has 1 aromatic heterocycles. The van der Waals surface area contributed by atoms with Gasteiger partial charge in [0.2, 0.25) is 5.78 Å². The maximum atomic E-state index is 12.4. The average molecular weight is 323 g/mol. The first kappa shape index (κ1) is 16.0. The summed E-state index contributed by atoms with van der Waals surface area (Å²) in [5.74, 6) is 2.86. The summed E-state index contributed by atoms with van der Waals surface area (Å²) >= 11 is 0. The average Bonchev–Trinajstić information content (AvgIpc) is 2.48. The predicted octanol–water partition coefficient (Wildman–Crippen LogP) is 4.72. The molecule has 2 heterocycles. The number of allylic oxidation sites excluding steroid dienone is 8. The Bertz CT molecular complexity index is 852. The zero-order valence-corrected chi connectivity index (χ0v) is 14.1. The molecule has 1 aliphatic heterocycles. The number of carbonyl (C=O) groups excluding carboxylic acids is 1. The predicted molar refractivity (Wildman–Crippen MR) is 91.9 cm³/mol. The molecular formula is C20H19O4+. The summed E-state index contributed by atoms with van der Waals surface area (Å²) in [6.07, 6.45) is 7.02. The molecule has 0 spiro atoms. The number of hydrogen-bond donors (Lipinski definition) is 1. The lowest BCUT2D eigenvalue weighted by Crippen LogP contribution is -2.21. The van der Waals surface area contributed by atoms with Gasteiger partial charge in [0, 0.05) is 12.1 Å². The zero-order chi connectivity index (χ0) is 17.4. The van der Waals surface area contributed by atoms with Crippen molar-refractivity contribution in [2.45, 2.75) is 27.7 Å². The Hall–Kier alpha value is -2.88. The van der Waals surface area contributed by atoms with E-state index in [0.717, 1.165) is 34.2 Å². The van der Waals surface area contributed by atoms with E-state index in [1.807, 2.05) is 52.0 Å². The molecule has 0 radical (unpaired) electrons. The lowest BCUT2D eigenvalue weighted by Gasteiger charge is -2.20. The van der Waals surface area contributed by atoms with Gasteiger partial charge in [-0.3, -0.25) is 4.79 Å². The first-order chi connectivity index (χ1) is 11.3. The van der Waals surface area contributed by atoms with Crippen molar-refractivity contribution in [3.63, 3.8) is 0 Å². The first-order valence-corrected chi connectivity index (χ1v) is 7.71. The van der Waals surface area contributed by atoms with Gasteiger partial charge in [-0.25, -0.2) is 4.42 Å². The van der Waals surface area contributed by atoms with Crippen LogP contribution in [0.15, 0.2) is 68.8 Å². The smallest absolute Gasteiger partial charge is 0.327 e. The molecule has 0 fully saturated rings. The summed E-state index contributed by atoms with van der Waals surface area (Å²) in [6, 6.07) is 3.65. The normalized spacial score (nSPS) is 18.9. The summed E-state index contributed by atoms with van der Waals surface area (Å²) in [6.45, 7) is 7.38. The highest BCUT2D eigenvalue weighted by molar-refractivity contribution is 6.23. The van der Waals surface area contributed by atoms with E-state index in [0.29, 0.717) is 11.1 Å². The zero-order valence-electron chi connectivity index (χ0n) is 14.1. The maximum Gasteiger partial charge on any atom is 0.327 e. The van der Waals surface area contributed by atoms with Crippen molar-refractivity contribution in [2.24, 2.45) is 0 Å². The number of aryl methyl sites for hydroxylation is 2. The third kappa shape index (κ3) is 3.08. The van der Waals surface area contributed by atoms with Crippen LogP contribution in [0.25, 0.3) is 6.08 Å². The second-order valence-electron chi connectivity index (χ2n) is 6.02. The highest BCUT2D eigenvalue weighted by atomic mass is 16.5. The van der Waals surface area contributed by atoms with E-state index in [2.05, 4.69) is 0 Å². The Morgan fingerprint density at radius 1 is 1.00 bits per heavy atom. The number of aliphatic hydroxyl groups excluding tert-OH is 1. The summed E-state index contributed by atoms with van der Waals surface area (Å²) < 4.78 is 10.8. The summed E-state index contributed by atoms with van der Waals surface area (Å²) in [5, 5.41) is 10.3. The van der Waals surface area contributed by atoms with Crippen molar-refractivity contribution in [1.82, 2.24) is 0 Å². The molecule has 0 unspecified atom stereocenters. The number of rotatable bonds is 2. The molecular weight excluding hydrogens is 304 g/mol. The SMILES string of the molecule is CC1=CC(=CC2=C(O)/C(=C/c3cc(C)[o+]c(C)c3)C2=O)C=C(C)O1. The fraction of sp³-hybridized carbons (Fsp3) is 0.200. The fourth-order valence-corrected chi connectivity index (χ4v) is 2.86. The number of ether oxygens (including phenoxy) is 1. The van der Waals surface area contributed by atoms with Gasteiger partial charge in [-0.05, 0) is 49.3 Å². The Balaban J connectivity index is 1.94. The van der Waals surface area contributed by atoms with Gasteiger partial charge >= 0.3 is 11.5 Å². The second kappa shape index (κ2) is 5.96. The molecule has 3 rings (SSSR count). The lowest BCUT2D eigenvalue weighted by atomic mass is 9.85. The van der Waals surface area contributed by atoms with Gasteiger partial charge in [-0.2, -0.15) is 0 Å². The number of carbonyl (C=O) groups is 1. The van der Waals surface area contributed by atoms with Crippen LogP contribution < -0.4 is 0 Å². The monoisotopic (exact) mass is 323 g/mol. The molecule has 4 nitrogen and oxygen atoms in total. The Labute approximate surface area is 140 Å². The van der Waals surface area contributed by atoms with Gasteiger partial charge < -0.3 is 9.84 Å². The van der Waals surface area contributed by atoms with Crippen molar-refractivity contribution in [3.05, 3.63) is 81.4 Å². The molecule has 0 saturated carbocycles. The van der Waals surface area contributed by atoms with Crippen LogP contribution in [0.2, 0.25) is 0 Å². The standard InChI is InChI=1S/C20H18O4/c1-11-5-15(6-12(2)23-11)9-17-19(21)18(20(17)22)10-16-7-13(3)24-14(4)8-16/h5-10H,1-4H3/p+1. The topological polar surface area (TPSA) is 57.8 Å². The summed E-state index contributed by atoms with van der Waals surface area (Å²) in [7, 11) is 0. The van der Waals surface area contributed by atoms with Crippen LogP contribution in [-0.4, -0.2) is 10.9 Å². The number of Topliss-reactive ketones (excluding diaryl/α,β-unsaturated/α-hetero) is 1. The minimum atomic E-state index is -0.167. The summed E-state index contributed by atoms with van der Waals surface area (Å²) in [4.78, 5) is 12.4. The lowest BCUT2D eigenvalue weighted by molar-refractivity contribution is -0.113. The van der Waals surface area contributed by atoms with Crippen molar-refractivity contribution >= 4 is 11.9 Å². The van der Waals surface area contributed by atoms with Gasteiger partial charge in [-0.1, -0.05) is 0 Å². The van der Waals surface area contributed by atoms with E-state index < -0.39 is 0 Å². The Morgan fingerprint density at radius 3 is 2.12 bits per heavy atom. The van der Waals surface area contributed by atoms with Gasteiger partial charge in [0.25, 0.3) is 0 Å². The van der Waals surface area contributed by atoms with E-state index in [-0.39, 0.29) is 11.5 Å². The van der Waals surface area contributed by atoms with Crippen LogP contribution in [0.1, 0.15) is 30.9 Å². The highest BCUT2D eigenvalue weighted by Crippen LogP contribution is 2.33.